The van der Waals surface area contributed by atoms with Crippen LogP contribution in [0.4, 0.5) is 10.8 Å². The summed E-state index contributed by atoms with van der Waals surface area (Å²) < 4.78 is 11.3. The zero-order valence-corrected chi connectivity index (χ0v) is 19.3. The largest absolute Gasteiger partial charge is 0.497 e. The summed E-state index contributed by atoms with van der Waals surface area (Å²) >= 11 is 4.81. The van der Waals surface area contributed by atoms with Crippen molar-refractivity contribution in [2.75, 3.05) is 24.9 Å². The molecule has 0 fully saturated rings. The molecule has 1 unspecified atom stereocenters. The molecule has 1 aliphatic rings. The highest BCUT2D eigenvalue weighted by molar-refractivity contribution is 9.10. The predicted molar refractivity (Wildman–Crippen MR) is 123 cm³/mol. The molecule has 1 heterocycles. The second kappa shape index (κ2) is 9.07. The summed E-state index contributed by atoms with van der Waals surface area (Å²) in [5.41, 5.74) is 1.86. The lowest BCUT2D eigenvalue weighted by Crippen LogP contribution is -2.20. The number of thiazole rings is 1. The molecule has 9 heteroatoms. The summed E-state index contributed by atoms with van der Waals surface area (Å²) in [6.45, 7) is 0. The number of rotatable bonds is 6. The lowest BCUT2D eigenvalue weighted by atomic mass is 10.1. The predicted octanol–water partition coefficient (Wildman–Crippen LogP) is 4.84. The highest BCUT2D eigenvalue weighted by Crippen LogP contribution is 2.39. The van der Waals surface area contributed by atoms with Crippen molar-refractivity contribution < 1.29 is 19.1 Å². The molecule has 2 N–H and O–H groups in total. The number of nitrogens with zero attached hydrogens (tertiary/aromatic N) is 1. The number of anilines is 2. The fourth-order valence-corrected chi connectivity index (χ4v) is 4.87. The average molecular weight is 502 g/mol. The first-order chi connectivity index (χ1) is 15.0. The molecule has 1 aliphatic carbocycles. The molecule has 31 heavy (non-hydrogen) atoms. The summed E-state index contributed by atoms with van der Waals surface area (Å²) in [5, 5.41) is 6.24. The molecule has 160 valence electrons. The quantitative estimate of drug-likeness (QED) is 0.504. The number of aryl methyl sites for hydroxylation is 1. The number of aromatic nitrogens is 1. The van der Waals surface area contributed by atoms with Gasteiger partial charge in [-0.3, -0.25) is 14.9 Å². The van der Waals surface area contributed by atoms with E-state index in [1.54, 1.807) is 18.2 Å². The summed E-state index contributed by atoms with van der Waals surface area (Å²) in [5.74, 6) is 0.288. The van der Waals surface area contributed by atoms with Gasteiger partial charge in [0.25, 0.3) is 5.91 Å². The molecule has 0 radical (unpaired) electrons. The third kappa shape index (κ3) is 4.72. The Balaban J connectivity index is 1.48. The van der Waals surface area contributed by atoms with Gasteiger partial charge in [-0.25, -0.2) is 4.98 Å². The smallest absolute Gasteiger partial charge is 0.257 e. The second-order valence-electron chi connectivity index (χ2n) is 6.97. The van der Waals surface area contributed by atoms with Crippen LogP contribution in [0, 0.1) is 0 Å². The third-order valence-corrected chi connectivity index (χ3v) is 6.50. The SMILES string of the molecule is COc1cc(OC)cc(C(=O)Nc2nc3c(s2)CCC3C(=O)Nc2cccc(Br)c2)c1. The highest BCUT2D eigenvalue weighted by atomic mass is 79.9. The number of nitrogens with one attached hydrogen (secondary N) is 2. The molecule has 0 bridgehead atoms. The zero-order valence-electron chi connectivity index (χ0n) is 16.9. The molecule has 0 saturated heterocycles. The maximum atomic E-state index is 12.8. The van der Waals surface area contributed by atoms with E-state index in [2.05, 4.69) is 31.5 Å². The summed E-state index contributed by atoms with van der Waals surface area (Å²) in [6, 6.07) is 12.4. The molecule has 2 aromatic carbocycles. The zero-order chi connectivity index (χ0) is 22.0. The van der Waals surface area contributed by atoms with Crippen LogP contribution >= 0.6 is 27.3 Å². The van der Waals surface area contributed by atoms with Gasteiger partial charge in [-0.2, -0.15) is 0 Å². The van der Waals surface area contributed by atoms with Gasteiger partial charge >= 0.3 is 0 Å². The first-order valence-electron chi connectivity index (χ1n) is 9.57. The van der Waals surface area contributed by atoms with Crippen molar-refractivity contribution >= 4 is 49.9 Å². The molecule has 1 aromatic heterocycles. The summed E-state index contributed by atoms with van der Waals surface area (Å²) in [4.78, 5) is 31.1. The number of methoxy groups -OCH3 is 2. The molecule has 0 spiro atoms. The molecule has 7 nitrogen and oxygen atoms in total. The van der Waals surface area contributed by atoms with Crippen LogP contribution in [0.15, 0.2) is 46.9 Å². The molecular weight excluding hydrogens is 482 g/mol. The minimum atomic E-state index is -0.340. The molecule has 4 rings (SSSR count). The van der Waals surface area contributed by atoms with Crippen LogP contribution in [-0.4, -0.2) is 31.0 Å². The fraction of sp³-hybridized carbons (Fsp3) is 0.227. The van der Waals surface area contributed by atoms with Crippen molar-refractivity contribution in [2.24, 2.45) is 0 Å². The summed E-state index contributed by atoms with van der Waals surface area (Å²) in [7, 11) is 3.06. The molecular formula is C22H20BrN3O4S. The number of ether oxygens (including phenoxy) is 2. The number of carbonyl (C=O) groups is 2. The normalized spacial score (nSPS) is 14.6. The van der Waals surface area contributed by atoms with Crippen LogP contribution in [0.25, 0.3) is 0 Å². The highest BCUT2D eigenvalue weighted by Gasteiger charge is 2.33. The van der Waals surface area contributed by atoms with Gasteiger partial charge in [0.05, 0.1) is 25.8 Å². The van der Waals surface area contributed by atoms with Crippen LogP contribution in [0.3, 0.4) is 0 Å². The van der Waals surface area contributed by atoms with Gasteiger partial charge in [-0.15, -0.1) is 11.3 Å². The number of hydrogen-bond donors (Lipinski definition) is 2. The Kier molecular flexibility index (Phi) is 6.24. The van der Waals surface area contributed by atoms with Crippen molar-refractivity contribution in [3.05, 3.63) is 63.1 Å². The van der Waals surface area contributed by atoms with E-state index in [0.717, 1.165) is 27.2 Å². The standard InChI is InChI=1S/C22H20BrN3O4S/c1-29-15-8-12(9-16(11-15)30-2)20(27)26-22-25-19-17(6-7-18(19)31-22)21(28)24-14-5-3-4-13(23)10-14/h3-5,8-11,17H,6-7H2,1-2H3,(H,24,28)(H,25,26,27). The first-order valence-corrected chi connectivity index (χ1v) is 11.2. The van der Waals surface area contributed by atoms with Crippen LogP contribution in [0.1, 0.15) is 33.3 Å². The number of hydrogen-bond acceptors (Lipinski definition) is 6. The minimum absolute atomic E-state index is 0.0995. The molecule has 0 aliphatic heterocycles. The number of fused-ring (bicyclic) bond motifs is 1. The molecule has 0 saturated carbocycles. The van der Waals surface area contributed by atoms with Crippen molar-refractivity contribution in [1.82, 2.24) is 4.98 Å². The van der Waals surface area contributed by atoms with Gasteiger partial charge in [-0.1, -0.05) is 22.0 Å². The topological polar surface area (TPSA) is 89.6 Å². The Hall–Kier alpha value is -2.91. The number of benzene rings is 2. The number of amides is 2. The van der Waals surface area contributed by atoms with Crippen molar-refractivity contribution in [2.45, 2.75) is 18.8 Å². The van der Waals surface area contributed by atoms with E-state index < -0.39 is 0 Å². The van der Waals surface area contributed by atoms with Gasteiger partial charge in [0, 0.05) is 26.7 Å². The van der Waals surface area contributed by atoms with E-state index in [4.69, 9.17) is 9.47 Å². The molecule has 1 atom stereocenters. The lowest BCUT2D eigenvalue weighted by molar-refractivity contribution is -0.117. The second-order valence-corrected chi connectivity index (χ2v) is 8.97. The average Bonchev–Trinajstić information content (AvgIpc) is 3.33. The monoisotopic (exact) mass is 501 g/mol. The van der Waals surface area contributed by atoms with Gasteiger partial charge in [0.2, 0.25) is 5.91 Å². The maximum absolute atomic E-state index is 12.8. The Morgan fingerprint density at radius 3 is 2.52 bits per heavy atom. The molecule has 3 aromatic rings. The Morgan fingerprint density at radius 1 is 1.10 bits per heavy atom. The van der Waals surface area contributed by atoms with Gasteiger partial charge < -0.3 is 14.8 Å². The first kappa shape index (κ1) is 21.3. The van der Waals surface area contributed by atoms with Crippen molar-refractivity contribution in [3.63, 3.8) is 0 Å². The Bertz CT molecular complexity index is 1130. The minimum Gasteiger partial charge on any atom is -0.497 e. The Morgan fingerprint density at radius 2 is 1.84 bits per heavy atom. The molecule has 2 amide bonds. The van der Waals surface area contributed by atoms with Gasteiger partial charge in [0.1, 0.15) is 11.5 Å². The van der Waals surface area contributed by atoms with Crippen LogP contribution in [-0.2, 0) is 11.2 Å². The lowest BCUT2D eigenvalue weighted by Gasteiger charge is -2.11. The third-order valence-electron chi connectivity index (χ3n) is 4.96. The van der Waals surface area contributed by atoms with Crippen molar-refractivity contribution in [3.8, 4) is 11.5 Å². The summed E-state index contributed by atoms with van der Waals surface area (Å²) in [6.07, 6.45) is 1.46. The number of halogens is 1. The Labute approximate surface area is 191 Å². The van der Waals surface area contributed by atoms with Gasteiger partial charge in [-0.05, 0) is 43.2 Å². The van der Waals surface area contributed by atoms with E-state index in [-0.39, 0.29) is 17.7 Å². The van der Waals surface area contributed by atoms with Crippen LogP contribution in [0.2, 0.25) is 0 Å². The number of carbonyl (C=O) groups excluding carboxylic acids is 2. The van der Waals surface area contributed by atoms with Crippen LogP contribution in [0.5, 0.6) is 11.5 Å². The van der Waals surface area contributed by atoms with Crippen molar-refractivity contribution in [1.29, 1.82) is 0 Å². The van der Waals surface area contributed by atoms with E-state index in [1.807, 2.05) is 24.3 Å². The van der Waals surface area contributed by atoms with E-state index in [1.165, 1.54) is 25.6 Å². The van der Waals surface area contributed by atoms with Gasteiger partial charge in [0.15, 0.2) is 5.13 Å². The maximum Gasteiger partial charge on any atom is 0.257 e. The van der Waals surface area contributed by atoms with Crippen LogP contribution < -0.4 is 20.1 Å². The van der Waals surface area contributed by atoms with E-state index >= 15 is 0 Å². The van der Waals surface area contributed by atoms with E-state index in [0.29, 0.717) is 28.6 Å². The van der Waals surface area contributed by atoms with E-state index in [9.17, 15) is 9.59 Å². The fourth-order valence-electron chi connectivity index (χ4n) is 3.44.